The quantitative estimate of drug-likeness (QED) is 0.189. The molecule has 1 aliphatic carbocycles. The van der Waals surface area contributed by atoms with Crippen LogP contribution in [-0.4, -0.2) is 47.1 Å². The number of nitrogens with zero attached hydrogens (tertiary/aromatic N) is 1. The zero-order valence-corrected chi connectivity index (χ0v) is 26.6. The minimum atomic E-state index is -4.02. The number of hydrogen-bond acceptors (Lipinski definition) is 5. The van der Waals surface area contributed by atoms with Gasteiger partial charge in [0.2, 0.25) is 5.91 Å². The summed E-state index contributed by atoms with van der Waals surface area (Å²) in [5.74, 6) is -8.45. The van der Waals surface area contributed by atoms with E-state index >= 15 is 8.78 Å². The molecule has 7 nitrogen and oxygen atoms in total. The summed E-state index contributed by atoms with van der Waals surface area (Å²) in [4.78, 5) is 28.6. The Bertz CT molecular complexity index is 1750. The van der Waals surface area contributed by atoms with E-state index in [0.717, 1.165) is 31.2 Å². The third-order valence-electron chi connectivity index (χ3n) is 9.56. The van der Waals surface area contributed by atoms with E-state index in [2.05, 4.69) is 0 Å². The lowest BCUT2D eigenvalue weighted by Crippen LogP contribution is -2.60. The first-order chi connectivity index (χ1) is 22.5. The summed E-state index contributed by atoms with van der Waals surface area (Å²) >= 11 is 6.00. The van der Waals surface area contributed by atoms with Crippen molar-refractivity contribution in [2.45, 2.75) is 62.2 Å². The predicted molar refractivity (Wildman–Crippen MR) is 178 cm³/mol. The highest BCUT2D eigenvalue weighted by molar-refractivity contribution is 6.30. The SMILES string of the molecule is NC(=O)C(O)(c1ccc2cc(OC3CCCC3)ccc2c1)[C@@H](C(=O)N1CCC(N)CC1)C(F)(F)c1ccc(-c2ccc(Cl)cc2)cc1. The highest BCUT2D eigenvalue weighted by Gasteiger charge is 2.62. The van der Waals surface area contributed by atoms with Gasteiger partial charge in [0.1, 0.15) is 11.7 Å². The van der Waals surface area contributed by atoms with Crippen LogP contribution in [0.4, 0.5) is 8.78 Å². The van der Waals surface area contributed by atoms with Crippen LogP contribution in [0.3, 0.4) is 0 Å². The molecule has 0 bridgehead atoms. The lowest BCUT2D eigenvalue weighted by molar-refractivity contribution is -0.191. The van der Waals surface area contributed by atoms with Crippen LogP contribution in [0.25, 0.3) is 21.9 Å². The van der Waals surface area contributed by atoms with Crippen molar-refractivity contribution in [2.75, 3.05) is 13.1 Å². The Morgan fingerprint density at radius 2 is 1.38 bits per heavy atom. The number of aliphatic hydroxyl groups is 1. The summed E-state index contributed by atoms with van der Waals surface area (Å²) in [6.07, 6.45) is 5.15. The van der Waals surface area contributed by atoms with E-state index in [1.165, 1.54) is 41.3 Å². The average Bonchev–Trinajstić information content (AvgIpc) is 3.58. The van der Waals surface area contributed by atoms with E-state index in [1.54, 1.807) is 42.5 Å². The van der Waals surface area contributed by atoms with Crippen LogP contribution in [0, 0.1) is 5.92 Å². The molecule has 1 heterocycles. The normalized spacial score (nSPS) is 18.2. The number of alkyl halides is 2. The van der Waals surface area contributed by atoms with Crippen molar-refractivity contribution >= 4 is 34.2 Å². The van der Waals surface area contributed by atoms with Gasteiger partial charge in [-0.2, -0.15) is 0 Å². The number of hydrogen-bond donors (Lipinski definition) is 3. The van der Waals surface area contributed by atoms with E-state index in [9.17, 15) is 14.7 Å². The molecule has 1 saturated heterocycles. The zero-order valence-electron chi connectivity index (χ0n) is 25.9. The summed E-state index contributed by atoms with van der Waals surface area (Å²) in [6.45, 7) is 0.219. The molecule has 1 aliphatic heterocycles. The number of carbonyl (C=O) groups is 2. The molecule has 4 aromatic rings. The van der Waals surface area contributed by atoms with Gasteiger partial charge in [-0.1, -0.05) is 66.2 Å². The number of primary amides is 1. The lowest BCUT2D eigenvalue weighted by atomic mass is 9.73. The van der Waals surface area contributed by atoms with E-state index in [1.807, 2.05) is 6.07 Å². The molecule has 6 rings (SSSR count). The van der Waals surface area contributed by atoms with Gasteiger partial charge in [-0.05, 0) is 96.3 Å². The van der Waals surface area contributed by atoms with Crippen LogP contribution in [0.1, 0.15) is 49.7 Å². The first-order valence-corrected chi connectivity index (χ1v) is 16.4. The minimum Gasteiger partial charge on any atom is -0.490 e. The average molecular weight is 662 g/mol. The third-order valence-corrected chi connectivity index (χ3v) is 9.81. The second-order valence-corrected chi connectivity index (χ2v) is 13.1. The Morgan fingerprint density at radius 3 is 2.00 bits per heavy atom. The number of carbonyl (C=O) groups excluding carboxylic acids is 2. The molecule has 4 aromatic carbocycles. The van der Waals surface area contributed by atoms with Gasteiger partial charge in [0.25, 0.3) is 11.8 Å². The van der Waals surface area contributed by atoms with Crippen molar-refractivity contribution in [1.29, 1.82) is 0 Å². The molecule has 2 amide bonds. The summed E-state index contributed by atoms with van der Waals surface area (Å²) in [7, 11) is 0. The Balaban J connectivity index is 1.40. The number of rotatable bonds is 9. The summed E-state index contributed by atoms with van der Waals surface area (Å²) in [6, 6.07) is 21.9. The van der Waals surface area contributed by atoms with E-state index in [0.29, 0.717) is 39.9 Å². The van der Waals surface area contributed by atoms with Crippen LogP contribution >= 0.6 is 11.6 Å². The fourth-order valence-corrected chi connectivity index (χ4v) is 6.90. The number of fused-ring (bicyclic) bond motifs is 1. The van der Waals surface area contributed by atoms with Gasteiger partial charge >= 0.3 is 0 Å². The molecule has 0 spiro atoms. The molecule has 1 unspecified atom stereocenters. The molecular weight excluding hydrogens is 624 g/mol. The smallest absolute Gasteiger partial charge is 0.288 e. The van der Waals surface area contributed by atoms with Gasteiger partial charge in [0.15, 0.2) is 5.60 Å². The first kappa shape index (κ1) is 32.9. The highest BCUT2D eigenvalue weighted by atomic mass is 35.5. The molecule has 1 saturated carbocycles. The number of benzene rings is 4. The molecular formula is C37H38ClF2N3O4. The van der Waals surface area contributed by atoms with Crippen molar-refractivity contribution < 1.29 is 28.2 Å². The van der Waals surface area contributed by atoms with Crippen molar-refractivity contribution in [1.82, 2.24) is 4.90 Å². The predicted octanol–water partition coefficient (Wildman–Crippen LogP) is 6.51. The van der Waals surface area contributed by atoms with Crippen LogP contribution in [-0.2, 0) is 21.1 Å². The van der Waals surface area contributed by atoms with Gasteiger partial charge < -0.3 is 26.2 Å². The van der Waals surface area contributed by atoms with Gasteiger partial charge in [-0.15, -0.1) is 0 Å². The maximum atomic E-state index is 16.9. The molecule has 2 aliphatic rings. The maximum Gasteiger partial charge on any atom is 0.288 e. The monoisotopic (exact) mass is 661 g/mol. The Hall–Kier alpha value is -4.05. The lowest BCUT2D eigenvalue weighted by Gasteiger charge is -2.41. The van der Waals surface area contributed by atoms with E-state index in [4.69, 9.17) is 27.8 Å². The molecule has 0 radical (unpaired) electrons. The first-order valence-electron chi connectivity index (χ1n) is 16.0. The Kier molecular flexibility index (Phi) is 9.25. The van der Waals surface area contributed by atoms with Gasteiger partial charge in [-0.3, -0.25) is 9.59 Å². The second-order valence-electron chi connectivity index (χ2n) is 12.7. The third kappa shape index (κ3) is 6.57. The number of amides is 2. The topological polar surface area (TPSA) is 119 Å². The number of nitrogens with two attached hydrogens (primary N) is 2. The van der Waals surface area contributed by atoms with Gasteiger partial charge in [0.05, 0.1) is 6.10 Å². The molecule has 246 valence electrons. The molecule has 0 aromatic heterocycles. The van der Waals surface area contributed by atoms with E-state index < -0.39 is 34.8 Å². The number of piperidine rings is 1. The van der Waals surface area contributed by atoms with Gasteiger partial charge in [-0.25, -0.2) is 8.78 Å². The summed E-state index contributed by atoms with van der Waals surface area (Å²) < 4.78 is 39.9. The van der Waals surface area contributed by atoms with Crippen LogP contribution in [0.2, 0.25) is 5.02 Å². The number of likely N-dealkylation sites (tertiary alicyclic amines) is 1. The Morgan fingerprint density at radius 1 is 0.830 bits per heavy atom. The minimum absolute atomic E-state index is 0.110. The van der Waals surface area contributed by atoms with Crippen LogP contribution in [0.15, 0.2) is 84.9 Å². The fourth-order valence-electron chi connectivity index (χ4n) is 6.78. The molecule has 47 heavy (non-hydrogen) atoms. The molecule has 5 N–H and O–H groups in total. The van der Waals surface area contributed by atoms with Crippen molar-refractivity contribution in [2.24, 2.45) is 17.4 Å². The molecule has 2 atom stereocenters. The van der Waals surface area contributed by atoms with E-state index in [-0.39, 0.29) is 30.8 Å². The van der Waals surface area contributed by atoms with Crippen molar-refractivity contribution in [3.05, 3.63) is 101 Å². The fraction of sp³-hybridized carbons (Fsp3) is 0.351. The molecule has 10 heteroatoms. The standard InChI is InChI=1S/C37H38ClF2N3O4/c38-29-14-8-24(9-15-29)23-5-11-27(12-6-23)37(39,40)33(34(44)43-19-17-30(41)18-20-43)36(46,35(42)45)28-13-7-26-22-32(16-10-25(26)21-28)47-31-3-1-2-4-31/h5-16,21-22,30-31,33,46H,1-4,17-20,41H2,(H2,42,45)/t33-,36?/m1/s1. The largest absolute Gasteiger partial charge is 0.490 e. The number of ether oxygens (including phenoxy) is 1. The van der Waals surface area contributed by atoms with Gasteiger partial charge in [0, 0.05) is 29.7 Å². The highest BCUT2D eigenvalue weighted by Crippen LogP contribution is 2.48. The van der Waals surface area contributed by atoms with Crippen LogP contribution < -0.4 is 16.2 Å². The second kappa shape index (κ2) is 13.2. The zero-order chi connectivity index (χ0) is 33.3. The van der Waals surface area contributed by atoms with Crippen molar-refractivity contribution in [3.63, 3.8) is 0 Å². The molecule has 2 fully saturated rings. The van der Waals surface area contributed by atoms with Crippen molar-refractivity contribution in [3.8, 4) is 16.9 Å². The Labute approximate surface area is 277 Å². The maximum absolute atomic E-state index is 16.9. The summed E-state index contributed by atoms with van der Waals surface area (Å²) in [5, 5.41) is 14.0. The number of halogens is 3. The summed E-state index contributed by atoms with van der Waals surface area (Å²) in [5.41, 5.74) is 9.41. The van der Waals surface area contributed by atoms with Crippen LogP contribution in [0.5, 0.6) is 5.75 Å².